The van der Waals surface area contributed by atoms with Crippen LogP contribution in [0.15, 0.2) is 60.7 Å². The minimum atomic E-state index is -0.415. The second-order valence-electron chi connectivity index (χ2n) is 7.38. The third-order valence-corrected chi connectivity index (χ3v) is 5.27. The van der Waals surface area contributed by atoms with Crippen LogP contribution in [0.3, 0.4) is 0 Å². The predicted octanol–water partition coefficient (Wildman–Crippen LogP) is 3.64. The van der Waals surface area contributed by atoms with Gasteiger partial charge >= 0.3 is 0 Å². The Morgan fingerprint density at radius 2 is 1.74 bits per heavy atom. The molecule has 0 bridgehead atoms. The number of nitro benzene ring substituents is 1. The van der Waals surface area contributed by atoms with Crippen LogP contribution in [0.5, 0.6) is 0 Å². The summed E-state index contributed by atoms with van der Waals surface area (Å²) in [5.74, 6) is 2.98. The molecule has 0 atom stereocenters. The summed E-state index contributed by atoms with van der Waals surface area (Å²) in [5.41, 5.74) is 2.47. The van der Waals surface area contributed by atoms with Gasteiger partial charge in [0.25, 0.3) is 5.69 Å². The van der Waals surface area contributed by atoms with Gasteiger partial charge in [0.2, 0.25) is 0 Å². The smallest absolute Gasteiger partial charge is 0.270 e. The minimum absolute atomic E-state index is 0.0173. The zero-order valence-corrected chi connectivity index (χ0v) is 16.8. The van der Waals surface area contributed by atoms with E-state index in [1.807, 2.05) is 43.3 Å². The summed E-state index contributed by atoms with van der Waals surface area (Å²) in [7, 11) is 0. The molecule has 0 N–H and O–H groups in total. The molecule has 5 rings (SSSR count). The summed E-state index contributed by atoms with van der Waals surface area (Å²) in [5, 5.41) is 19.9. The molecule has 1 aliphatic rings. The molecule has 9 nitrogen and oxygen atoms in total. The maximum Gasteiger partial charge on any atom is 0.270 e. The number of rotatable bonds is 4. The summed E-state index contributed by atoms with van der Waals surface area (Å²) >= 11 is 0. The van der Waals surface area contributed by atoms with E-state index in [-0.39, 0.29) is 5.69 Å². The lowest BCUT2D eigenvalue weighted by Crippen LogP contribution is -2.34. The number of nitro groups is 1. The number of aryl methyl sites for hydroxylation is 1. The van der Waals surface area contributed by atoms with Gasteiger partial charge in [-0.2, -0.15) is 0 Å². The first-order valence-electron chi connectivity index (χ1n) is 9.91. The van der Waals surface area contributed by atoms with Crippen molar-refractivity contribution in [2.45, 2.75) is 20.0 Å². The molecule has 0 unspecified atom stereocenters. The molecule has 0 aliphatic carbocycles. The molecule has 154 valence electrons. The number of anilines is 1. The molecule has 2 aromatic heterocycles. The van der Waals surface area contributed by atoms with Crippen molar-refractivity contribution in [3.63, 3.8) is 0 Å². The van der Waals surface area contributed by atoms with E-state index in [4.69, 9.17) is 4.98 Å². The summed E-state index contributed by atoms with van der Waals surface area (Å²) in [4.78, 5) is 22.0. The third-order valence-electron chi connectivity index (χ3n) is 5.27. The highest BCUT2D eigenvalue weighted by molar-refractivity contribution is 5.61. The molecule has 0 saturated carbocycles. The SMILES string of the molecule is Cc1cc(N2CCn3c(nnc3-c3ccccc3)C2)nc(-c2cccc([N+](=O)[O-])c2)n1. The van der Waals surface area contributed by atoms with Gasteiger partial charge in [0.05, 0.1) is 11.5 Å². The average molecular weight is 413 g/mol. The van der Waals surface area contributed by atoms with E-state index >= 15 is 0 Å². The van der Waals surface area contributed by atoms with Gasteiger partial charge in [-0.25, -0.2) is 9.97 Å². The van der Waals surface area contributed by atoms with Gasteiger partial charge in [0.15, 0.2) is 17.5 Å². The number of benzene rings is 2. The van der Waals surface area contributed by atoms with E-state index in [1.165, 1.54) is 12.1 Å². The molecule has 31 heavy (non-hydrogen) atoms. The number of hydrogen-bond donors (Lipinski definition) is 0. The normalized spacial score (nSPS) is 13.1. The van der Waals surface area contributed by atoms with Crippen molar-refractivity contribution in [1.82, 2.24) is 24.7 Å². The fraction of sp³-hybridized carbons (Fsp3) is 0.182. The van der Waals surface area contributed by atoms with Crippen LogP contribution < -0.4 is 4.90 Å². The van der Waals surface area contributed by atoms with E-state index in [0.29, 0.717) is 17.9 Å². The zero-order valence-electron chi connectivity index (χ0n) is 16.8. The number of aromatic nitrogens is 5. The van der Waals surface area contributed by atoms with Crippen molar-refractivity contribution >= 4 is 11.5 Å². The Bertz CT molecular complexity index is 1270. The maximum atomic E-state index is 11.1. The monoisotopic (exact) mass is 413 g/mol. The van der Waals surface area contributed by atoms with Crippen molar-refractivity contribution in [2.75, 3.05) is 11.4 Å². The second kappa shape index (κ2) is 7.60. The van der Waals surface area contributed by atoms with Crippen LogP contribution >= 0.6 is 0 Å². The third kappa shape index (κ3) is 3.61. The molecular formula is C22H19N7O2. The summed E-state index contributed by atoms with van der Waals surface area (Å²) < 4.78 is 2.14. The van der Waals surface area contributed by atoms with Crippen molar-refractivity contribution in [3.8, 4) is 22.8 Å². The van der Waals surface area contributed by atoms with Crippen LogP contribution in [0, 0.1) is 17.0 Å². The Morgan fingerprint density at radius 3 is 2.55 bits per heavy atom. The minimum Gasteiger partial charge on any atom is -0.347 e. The molecule has 1 aliphatic heterocycles. The molecule has 0 radical (unpaired) electrons. The van der Waals surface area contributed by atoms with Crippen molar-refractivity contribution in [2.24, 2.45) is 0 Å². The van der Waals surface area contributed by atoms with Gasteiger partial charge in [-0.1, -0.05) is 42.5 Å². The average Bonchev–Trinajstić information content (AvgIpc) is 3.22. The number of fused-ring (bicyclic) bond motifs is 1. The zero-order chi connectivity index (χ0) is 21.4. The number of nitrogens with zero attached hydrogens (tertiary/aromatic N) is 7. The predicted molar refractivity (Wildman–Crippen MR) is 115 cm³/mol. The molecule has 0 saturated heterocycles. The Kier molecular flexibility index (Phi) is 4.62. The molecule has 2 aromatic carbocycles. The maximum absolute atomic E-state index is 11.1. The largest absolute Gasteiger partial charge is 0.347 e. The summed E-state index contributed by atoms with van der Waals surface area (Å²) in [6.45, 7) is 3.95. The van der Waals surface area contributed by atoms with Crippen LogP contribution in [0.1, 0.15) is 11.5 Å². The Labute approximate surface area is 178 Å². The van der Waals surface area contributed by atoms with Gasteiger partial charge in [0, 0.05) is 48.1 Å². The Morgan fingerprint density at radius 1 is 0.935 bits per heavy atom. The van der Waals surface area contributed by atoms with Crippen LogP contribution in [0.2, 0.25) is 0 Å². The van der Waals surface area contributed by atoms with Gasteiger partial charge in [-0.05, 0) is 6.92 Å². The van der Waals surface area contributed by atoms with Crippen LogP contribution in [-0.4, -0.2) is 36.2 Å². The standard InChI is InChI=1S/C22H19N7O2/c1-15-12-19(24-21(23-15)17-8-5-9-18(13-17)29(30)31)27-10-11-28-20(14-27)25-26-22(28)16-6-3-2-4-7-16/h2-9,12-13H,10-11,14H2,1H3. The van der Waals surface area contributed by atoms with Crippen LogP contribution in [0.25, 0.3) is 22.8 Å². The summed E-state index contributed by atoms with van der Waals surface area (Å²) in [6, 6.07) is 18.3. The summed E-state index contributed by atoms with van der Waals surface area (Å²) in [6.07, 6.45) is 0. The van der Waals surface area contributed by atoms with Crippen molar-refractivity contribution < 1.29 is 4.92 Å². The molecule has 3 heterocycles. The number of non-ortho nitro benzene ring substituents is 1. The Balaban J connectivity index is 1.45. The molecule has 0 fully saturated rings. The molecule has 0 spiro atoms. The van der Waals surface area contributed by atoms with Gasteiger partial charge in [-0.3, -0.25) is 10.1 Å². The quantitative estimate of drug-likeness (QED) is 0.372. The molecule has 0 amide bonds. The topological polar surface area (TPSA) is 103 Å². The van der Waals surface area contributed by atoms with E-state index in [9.17, 15) is 10.1 Å². The Hall–Kier alpha value is -4.14. The highest BCUT2D eigenvalue weighted by atomic mass is 16.6. The highest BCUT2D eigenvalue weighted by Crippen LogP contribution is 2.27. The first-order chi connectivity index (χ1) is 15.1. The fourth-order valence-electron chi connectivity index (χ4n) is 3.76. The van der Waals surface area contributed by atoms with Gasteiger partial charge in [-0.15, -0.1) is 10.2 Å². The van der Waals surface area contributed by atoms with Crippen molar-refractivity contribution in [3.05, 3.63) is 82.3 Å². The fourth-order valence-corrected chi connectivity index (χ4v) is 3.76. The van der Waals surface area contributed by atoms with E-state index in [2.05, 4.69) is 24.6 Å². The molecular weight excluding hydrogens is 394 g/mol. The van der Waals surface area contributed by atoms with Crippen LogP contribution in [-0.2, 0) is 13.1 Å². The van der Waals surface area contributed by atoms with Crippen LogP contribution in [0.4, 0.5) is 11.5 Å². The van der Waals surface area contributed by atoms with Gasteiger partial charge < -0.3 is 9.47 Å². The van der Waals surface area contributed by atoms with E-state index in [1.54, 1.807) is 12.1 Å². The first kappa shape index (κ1) is 18.9. The van der Waals surface area contributed by atoms with E-state index in [0.717, 1.165) is 41.8 Å². The van der Waals surface area contributed by atoms with Crippen molar-refractivity contribution in [1.29, 1.82) is 0 Å². The number of hydrogen-bond acceptors (Lipinski definition) is 7. The van der Waals surface area contributed by atoms with E-state index < -0.39 is 4.92 Å². The molecule has 9 heteroatoms. The molecule has 4 aromatic rings. The second-order valence-corrected chi connectivity index (χ2v) is 7.38. The highest BCUT2D eigenvalue weighted by Gasteiger charge is 2.23. The lowest BCUT2D eigenvalue weighted by Gasteiger charge is -2.29. The van der Waals surface area contributed by atoms with Gasteiger partial charge in [0.1, 0.15) is 5.82 Å². The lowest BCUT2D eigenvalue weighted by molar-refractivity contribution is -0.384. The first-order valence-corrected chi connectivity index (χ1v) is 9.91. The lowest BCUT2D eigenvalue weighted by atomic mass is 10.2.